The van der Waals surface area contributed by atoms with Gasteiger partial charge >= 0.3 is 0 Å². The molecule has 0 radical (unpaired) electrons. The van der Waals surface area contributed by atoms with E-state index < -0.39 is 0 Å². The zero-order valence-corrected chi connectivity index (χ0v) is 11.4. The van der Waals surface area contributed by atoms with Crippen LogP contribution in [0.15, 0.2) is 18.5 Å². The van der Waals surface area contributed by atoms with Gasteiger partial charge in [-0.15, -0.1) is 0 Å². The number of rotatable bonds is 8. The second-order valence-corrected chi connectivity index (χ2v) is 4.28. The fourth-order valence-corrected chi connectivity index (χ4v) is 1.81. The Bertz CT molecular complexity index is 512. The maximum atomic E-state index is 5.40. The summed E-state index contributed by atoms with van der Waals surface area (Å²) in [6.07, 6.45) is 4.53. The Labute approximate surface area is 112 Å². The summed E-state index contributed by atoms with van der Waals surface area (Å²) >= 11 is 0. The maximum absolute atomic E-state index is 5.40. The summed E-state index contributed by atoms with van der Waals surface area (Å²) in [5.74, 6) is 0.861. The smallest absolute Gasteiger partial charge is 0.152 e. The van der Waals surface area contributed by atoms with Crippen LogP contribution in [0.4, 0.5) is 5.82 Å². The molecule has 2 aromatic heterocycles. The highest BCUT2D eigenvalue weighted by atomic mass is 16.5. The summed E-state index contributed by atoms with van der Waals surface area (Å²) < 4.78 is 12.1. The number of hydrogen-bond acceptors (Lipinski definition) is 5. The van der Waals surface area contributed by atoms with Crippen molar-refractivity contribution in [3.63, 3.8) is 0 Å². The molecule has 0 aliphatic rings. The number of methoxy groups -OCH3 is 1. The summed E-state index contributed by atoms with van der Waals surface area (Å²) in [7, 11) is 1.67. The van der Waals surface area contributed by atoms with Crippen LogP contribution in [0.1, 0.15) is 12.1 Å². The molecule has 0 unspecified atom stereocenters. The molecule has 1 N–H and O–H groups in total. The van der Waals surface area contributed by atoms with E-state index in [0.717, 1.165) is 36.6 Å². The first-order valence-electron chi connectivity index (χ1n) is 6.43. The molecule has 0 fully saturated rings. The normalized spacial score (nSPS) is 11.1. The van der Waals surface area contributed by atoms with E-state index in [1.165, 1.54) is 0 Å². The average molecular weight is 264 g/mol. The van der Waals surface area contributed by atoms with Crippen LogP contribution in [0.5, 0.6) is 0 Å². The largest absolute Gasteiger partial charge is 0.382 e. The number of aromatic nitrogens is 3. The lowest BCUT2D eigenvalue weighted by Crippen LogP contribution is -2.09. The van der Waals surface area contributed by atoms with Gasteiger partial charge in [0.2, 0.25) is 0 Å². The minimum Gasteiger partial charge on any atom is -0.382 e. The Morgan fingerprint density at radius 2 is 2.21 bits per heavy atom. The van der Waals surface area contributed by atoms with E-state index >= 15 is 0 Å². The molecule has 6 heteroatoms. The highest BCUT2D eigenvalue weighted by Crippen LogP contribution is 2.14. The van der Waals surface area contributed by atoms with Crippen molar-refractivity contribution in [2.24, 2.45) is 0 Å². The molecule has 2 rings (SSSR count). The zero-order chi connectivity index (χ0) is 13.5. The predicted molar refractivity (Wildman–Crippen MR) is 73.5 cm³/mol. The van der Waals surface area contributed by atoms with Crippen molar-refractivity contribution >= 4 is 11.3 Å². The Balaban J connectivity index is 1.78. The first-order valence-corrected chi connectivity index (χ1v) is 6.43. The molecule has 0 spiro atoms. The van der Waals surface area contributed by atoms with Gasteiger partial charge in [-0.3, -0.25) is 0 Å². The van der Waals surface area contributed by atoms with Gasteiger partial charge in [0, 0.05) is 32.7 Å². The Kier molecular flexibility index (Phi) is 5.11. The fraction of sp³-hybridized carbons (Fsp3) is 0.538. The molecule has 104 valence electrons. The van der Waals surface area contributed by atoms with Crippen LogP contribution in [0.25, 0.3) is 5.52 Å². The van der Waals surface area contributed by atoms with Crippen LogP contribution in [-0.4, -0.2) is 48.1 Å². The third-order valence-corrected chi connectivity index (χ3v) is 2.70. The van der Waals surface area contributed by atoms with Crippen molar-refractivity contribution in [3.8, 4) is 0 Å². The molecule has 0 amide bonds. The SMILES string of the molecule is COCCOCCCNc1nccn2nc(C)cc12. The van der Waals surface area contributed by atoms with Gasteiger partial charge in [-0.1, -0.05) is 0 Å². The first-order chi connectivity index (χ1) is 9.31. The molecule has 2 aromatic rings. The lowest BCUT2D eigenvalue weighted by Gasteiger charge is -2.07. The van der Waals surface area contributed by atoms with Crippen molar-refractivity contribution in [2.75, 3.05) is 38.8 Å². The van der Waals surface area contributed by atoms with Crippen molar-refractivity contribution < 1.29 is 9.47 Å². The monoisotopic (exact) mass is 264 g/mol. The average Bonchev–Trinajstić information content (AvgIpc) is 2.78. The third kappa shape index (κ3) is 3.90. The standard InChI is InChI=1S/C13H20N4O2/c1-11-10-12-13(15-5-6-17(12)16-11)14-4-3-7-19-9-8-18-2/h5-6,10H,3-4,7-9H2,1-2H3,(H,14,15). The molecule has 2 heterocycles. The number of ether oxygens (including phenoxy) is 2. The summed E-state index contributed by atoms with van der Waals surface area (Å²) in [5.41, 5.74) is 1.99. The molecule has 0 aliphatic carbocycles. The number of aryl methyl sites for hydroxylation is 1. The van der Waals surface area contributed by atoms with E-state index in [1.807, 2.05) is 23.7 Å². The third-order valence-electron chi connectivity index (χ3n) is 2.70. The summed E-state index contributed by atoms with van der Waals surface area (Å²) in [4.78, 5) is 4.33. The lowest BCUT2D eigenvalue weighted by molar-refractivity contribution is 0.0705. The van der Waals surface area contributed by atoms with E-state index in [9.17, 15) is 0 Å². The minimum absolute atomic E-state index is 0.642. The molecular weight excluding hydrogens is 244 g/mol. The van der Waals surface area contributed by atoms with Crippen molar-refractivity contribution in [1.29, 1.82) is 0 Å². The van der Waals surface area contributed by atoms with E-state index in [4.69, 9.17) is 9.47 Å². The maximum Gasteiger partial charge on any atom is 0.152 e. The minimum atomic E-state index is 0.642. The van der Waals surface area contributed by atoms with Gasteiger partial charge in [-0.2, -0.15) is 5.10 Å². The highest BCUT2D eigenvalue weighted by molar-refractivity contribution is 5.67. The predicted octanol–water partition coefficient (Wildman–Crippen LogP) is 1.50. The number of nitrogens with zero attached hydrogens (tertiary/aromatic N) is 3. The molecule has 0 atom stereocenters. The van der Waals surface area contributed by atoms with Crippen molar-refractivity contribution in [3.05, 3.63) is 24.2 Å². The van der Waals surface area contributed by atoms with Crippen LogP contribution in [0.3, 0.4) is 0 Å². The van der Waals surface area contributed by atoms with Crippen LogP contribution in [-0.2, 0) is 9.47 Å². The second kappa shape index (κ2) is 7.06. The Hall–Kier alpha value is -1.66. The van der Waals surface area contributed by atoms with E-state index in [0.29, 0.717) is 13.2 Å². The van der Waals surface area contributed by atoms with E-state index in [2.05, 4.69) is 15.4 Å². The van der Waals surface area contributed by atoms with Crippen LogP contribution >= 0.6 is 0 Å². The molecule has 0 saturated heterocycles. The Morgan fingerprint density at radius 1 is 1.32 bits per heavy atom. The van der Waals surface area contributed by atoms with Gasteiger partial charge < -0.3 is 14.8 Å². The Morgan fingerprint density at radius 3 is 3.05 bits per heavy atom. The second-order valence-electron chi connectivity index (χ2n) is 4.28. The van der Waals surface area contributed by atoms with Crippen LogP contribution < -0.4 is 5.32 Å². The fourth-order valence-electron chi connectivity index (χ4n) is 1.81. The van der Waals surface area contributed by atoms with Crippen LogP contribution in [0.2, 0.25) is 0 Å². The van der Waals surface area contributed by atoms with Crippen molar-refractivity contribution in [1.82, 2.24) is 14.6 Å². The van der Waals surface area contributed by atoms with Crippen LogP contribution in [0, 0.1) is 6.92 Å². The molecular formula is C13H20N4O2. The summed E-state index contributed by atoms with van der Waals surface area (Å²) in [6, 6.07) is 2.02. The molecule has 0 bridgehead atoms. The summed E-state index contributed by atoms with van der Waals surface area (Å²) in [6.45, 7) is 4.80. The number of fused-ring (bicyclic) bond motifs is 1. The summed E-state index contributed by atoms with van der Waals surface area (Å²) in [5, 5.41) is 7.66. The molecule has 0 saturated carbocycles. The van der Waals surface area contributed by atoms with Crippen molar-refractivity contribution in [2.45, 2.75) is 13.3 Å². The zero-order valence-electron chi connectivity index (χ0n) is 11.4. The van der Waals surface area contributed by atoms with Gasteiger partial charge in [-0.25, -0.2) is 9.50 Å². The molecule has 6 nitrogen and oxygen atoms in total. The van der Waals surface area contributed by atoms with Gasteiger partial charge in [-0.05, 0) is 19.4 Å². The molecule has 0 aliphatic heterocycles. The van der Waals surface area contributed by atoms with E-state index in [-0.39, 0.29) is 0 Å². The number of hydrogen-bond donors (Lipinski definition) is 1. The van der Waals surface area contributed by atoms with Gasteiger partial charge in [0.25, 0.3) is 0 Å². The lowest BCUT2D eigenvalue weighted by atomic mass is 10.4. The van der Waals surface area contributed by atoms with Gasteiger partial charge in [0.15, 0.2) is 5.82 Å². The quantitative estimate of drug-likeness (QED) is 0.732. The van der Waals surface area contributed by atoms with Gasteiger partial charge in [0.1, 0.15) is 5.52 Å². The van der Waals surface area contributed by atoms with Gasteiger partial charge in [0.05, 0.1) is 18.9 Å². The van der Waals surface area contributed by atoms with E-state index in [1.54, 1.807) is 13.3 Å². The first kappa shape index (κ1) is 13.8. The number of anilines is 1. The topological polar surface area (TPSA) is 60.7 Å². The number of nitrogens with one attached hydrogen (secondary N) is 1. The molecule has 0 aromatic carbocycles. The highest BCUT2D eigenvalue weighted by Gasteiger charge is 2.04. The molecule has 19 heavy (non-hydrogen) atoms.